The summed E-state index contributed by atoms with van der Waals surface area (Å²) in [6.07, 6.45) is 0. The summed E-state index contributed by atoms with van der Waals surface area (Å²) in [4.78, 5) is 10.2. The van der Waals surface area contributed by atoms with Crippen molar-refractivity contribution in [1.82, 2.24) is 0 Å². The average Bonchev–Trinajstić information content (AvgIpc) is 1.85. The predicted molar refractivity (Wildman–Crippen MR) is 26.7 cm³/mol. The Kier molecular flexibility index (Phi) is 0.970. The quantitative estimate of drug-likeness (QED) is 0.502. The third-order valence-corrected chi connectivity index (χ3v) is 0.969. The lowest BCUT2D eigenvalue weighted by Crippen LogP contribution is -1.85. The minimum atomic E-state index is -0.625. The summed E-state index contributed by atoms with van der Waals surface area (Å²) in [5.74, 6) is 0.477. The van der Waals surface area contributed by atoms with Crippen LogP contribution in [0.4, 0.5) is 0 Å². The molecule has 0 amide bonds. The topological polar surface area (TPSA) is 43.4 Å². The van der Waals surface area contributed by atoms with E-state index in [-0.39, 0.29) is 0 Å². The lowest BCUT2D eigenvalue weighted by atomic mass is 10.4. The van der Waals surface area contributed by atoms with E-state index in [0.717, 1.165) is 0 Å². The van der Waals surface area contributed by atoms with Crippen molar-refractivity contribution >= 4 is 0 Å². The van der Waals surface area contributed by atoms with E-state index < -0.39 is 5.82 Å². The van der Waals surface area contributed by atoms with Crippen molar-refractivity contribution in [3.63, 3.8) is 0 Å². The Balaban J connectivity index is 3.35. The van der Waals surface area contributed by atoms with Gasteiger partial charge in [-0.05, 0) is 13.8 Å². The smallest absolute Gasteiger partial charge is 0.396 e. The zero-order valence-corrected chi connectivity index (χ0v) is 4.72. The second-order valence-electron chi connectivity index (χ2n) is 1.57. The molecule has 3 nitrogen and oxygen atoms in total. The summed E-state index contributed by atoms with van der Waals surface area (Å²) in [7, 11) is 0. The first kappa shape index (κ1) is 5.15. The van der Waals surface area contributed by atoms with E-state index in [2.05, 4.69) is 8.83 Å². The Morgan fingerprint density at radius 1 is 1.12 bits per heavy atom. The van der Waals surface area contributed by atoms with E-state index in [0.29, 0.717) is 11.5 Å². The van der Waals surface area contributed by atoms with Crippen LogP contribution in [-0.4, -0.2) is 0 Å². The molecule has 1 aromatic heterocycles. The van der Waals surface area contributed by atoms with Crippen LogP contribution in [0.25, 0.3) is 0 Å². The summed E-state index contributed by atoms with van der Waals surface area (Å²) in [5.41, 5.74) is 0. The van der Waals surface area contributed by atoms with Crippen molar-refractivity contribution in [2.45, 2.75) is 13.8 Å². The number of rotatable bonds is 0. The van der Waals surface area contributed by atoms with Crippen molar-refractivity contribution in [2.75, 3.05) is 0 Å². The zero-order chi connectivity index (χ0) is 6.15. The van der Waals surface area contributed by atoms with E-state index in [1.807, 2.05) is 0 Å². The second kappa shape index (κ2) is 1.51. The van der Waals surface area contributed by atoms with Gasteiger partial charge in [-0.3, -0.25) is 0 Å². The molecule has 1 rings (SSSR count). The minimum Gasteiger partial charge on any atom is -0.396 e. The molecule has 8 heavy (non-hydrogen) atoms. The van der Waals surface area contributed by atoms with Gasteiger partial charge in [0.05, 0.1) is 0 Å². The zero-order valence-electron chi connectivity index (χ0n) is 4.72. The fourth-order valence-electron chi connectivity index (χ4n) is 0.415. The Bertz CT molecular complexity index is 208. The van der Waals surface area contributed by atoms with Crippen LogP contribution in [-0.2, 0) is 0 Å². The molecule has 0 aliphatic rings. The van der Waals surface area contributed by atoms with Crippen molar-refractivity contribution in [3.8, 4) is 0 Å². The lowest BCUT2D eigenvalue weighted by molar-refractivity contribution is 0.373. The molecule has 0 unspecified atom stereocenters. The highest BCUT2D eigenvalue weighted by atomic mass is 16.6. The molecule has 0 aromatic carbocycles. The molecule has 0 bridgehead atoms. The number of aryl methyl sites for hydroxylation is 2. The molecule has 0 fully saturated rings. The first-order valence-corrected chi connectivity index (χ1v) is 2.27. The molecule has 1 heterocycles. The molecule has 0 saturated heterocycles. The van der Waals surface area contributed by atoms with Gasteiger partial charge >= 0.3 is 5.82 Å². The molecule has 0 atom stereocenters. The highest BCUT2D eigenvalue weighted by molar-refractivity contribution is 4.95. The third-order valence-electron chi connectivity index (χ3n) is 0.969. The summed E-state index contributed by atoms with van der Waals surface area (Å²) in [5, 5.41) is 0. The van der Waals surface area contributed by atoms with Gasteiger partial charge in [-0.1, -0.05) is 0 Å². The molecule has 0 radical (unpaired) electrons. The highest BCUT2D eigenvalue weighted by Gasteiger charge is 1.99. The molecule has 0 aliphatic carbocycles. The van der Waals surface area contributed by atoms with Gasteiger partial charge in [-0.25, -0.2) is 4.79 Å². The Morgan fingerprint density at radius 3 is 1.62 bits per heavy atom. The largest absolute Gasteiger partial charge is 0.518 e. The predicted octanol–water partition coefficient (Wildman–Crippen LogP) is 0.850. The standard InChI is InChI=1S/C5H6O3/c1-3-4(2)8-5(6)7-3/h1-2H3. The van der Waals surface area contributed by atoms with E-state index in [4.69, 9.17) is 0 Å². The van der Waals surface area contributed by atoms with Crippen LogP contribution in [0.3, 0.4) is 0 Å². The van der Waals surface area contributed by atoms with Crippen LogP contribution < -0.4 is 5.82 Å². The van der Waals surface area contributed by atoms with Crippen molar-refractivity contribution < 1.29 is 8.83 Å². The first-order chi connectivity index (χ1) is 3.70. The van der Waals surface area contributed by atoms with E-state index >= 15 is 0 Å². The Hall–Kier alpha value is -0.990. The normalized spacial score (nSPS) is 9.75. The van der Waals surface area contributed by atoms with Gasteiger partial charge < -0.3 is 8.83 Å². The summed E-state index contributed by atoms with van der Waals surface area (Å²) in [6, 6.07) is 0. The van der Waals surface area contributed by atoms with Crippen LogP contribution in [0.1, 0.15) is 11.5 Å². The second-order valence-corrected chi connectivity index (χ2v) is 1.57. The molecule has 0 aliphatic heterocycles. The monoisotopic (exact) mass is 114 g/mol. The maximum Gasteiger partial charge on any atom is 0.518 e. The van der Waals surface area contributed by atoms with Crippen LogP contribution in [0, 0.1) is 13.8 Å². The fourth-order valence-corrected chi connectivity index (χ4v) is 0.415. The van der Waals surface area contributed by atoms with Gasteiger partial charge in [0, 0.05) is 0 Å². The molecule has 0 saturated carbocycles. The van der Waals surface area contributed by atoms with E-state index in [1.54, 1.807) is 13.8 Å². The molecule has 44 valence electrons. The Labute approximate surface area is 45.9 Å². The molecule has 3 heteroatoms. The number of hydrogen-bond acceptors (Lipinski definition) is 3. The van der Waals surface area contributed by atoms with Crippen molar-refractivity contribution in [3.05, 3.63) is 22.1 Å². The fraction of sp³-hybridized carbons (Fsp3) is 0.400. The van der Waals surface area contributed by atoms with Crippen LogP contribution in [0.2, 0.25) is 0 Å². The van der Waals surface area contributed by atoms with Gasteiger partial charge in [0.15, 0.2) is 0 Å². The van der Waals surface area contributed by atoms with Gasteiger partial charge in [0.1, 0.15) is 11.5 Å². The minimum absolute atomic E-state index is 0.551. The maximum absolute atomic E-state index is 10.2. The van der Waals surface area contributed by atoms with Gasteiger partial charge in [-0.2, -0.15) is 0 Å². The summed E-state index contributed by atoms with van der Waals surface area (Å²) in [6.45, 7) is 3.36. The Morgan fingerprint density at radius 2 is 1.50 bits per heavy atom. The van der Waals surface area contributed by atoms with E-state index in [1.165, 1.54) is 0 Å². The first-order valence-electron chi connectivity index (χ1n) is 2.27. The van der Waals surface area contributed by atoms with Crippen molar-refractivity contribution in [1.29, 1.82) is 0 Å². The van der Waals surface area contributed by atoms with Gasteiger partial charge in [0.25, 0.3) is 0 Å². The molecule has 0 spiro atoms. The van der Waals surface area contributed by atoms with E-state index in [9.17, 15) is 4.79 Å². The van der Waals surface area contributed by atoms with Crippen molar-refractivity contribution in [2.24, 2.45) is 0 Å². The lowest BCUT2D eigenvalue weighted by Gasteiger charge is -1.74. The van der Waals surface area contributed by atoms with Gasteiger partial charge in [-0.15, -0.1) is 0 Å². The van der Waals surface area contributed by atoms with Crippen LogP contribution in [0.5, 0.6) is 0 Å². The summed E-state index contributed by atoms with van der Waals surface area (Å²) >= 11 is 0. The molecular weight excluding hydrogens is 108 g/mol. The molecular formula is C5H6O3. The van der Waals surface area contributed by atoms with Crippen LogP contribution >= 0.6 is 0 Å². The molecule has 1 aromatic rings. The molecule has 0 N–H and O–H groups in total. The third kappa shape index (κ3) is 0.665. The summed E-state index contributed by atoms with van der Waals surface area (Å²) < 4.78 is 8.98. The maximum atomic E-state index is 10.2. The SMILES string of the molecule is Cc1oc(=O)oc1C. The highest BCUT2D eigenvalue weighted by Crippen LogP contribution is 1.99. The van der Waals surface area contributed by atoms with Crippen LogP contribution in [0.15, 0.2) is 13.6 Å². The number of hydrogen-bond donors (Lipinski definition) is 0. The van der Waals surface area contributed by atoms with Gasteiger partial charge in [0.2, 0.25) is 0 Å². The average molecular weight is 114 g/mol.